The Balaban J connectivity index is 3.46. The summed E-state index contributed by atoms with van der Waals surface area (Å²) in [4.78, 5) is 28.3. The van der Waals surface area contributed by atoms with Crippen LogP contribution in [0, 0.1) is 0 Å². The predicted molar refractivity (Wildman–Crippen MR) is 50.1 cm³/mol. The van der Waals surface area contributed by atoms with Crippen molar-refractivity contribution >= 4 is 30.5 Å². The number of hydrogen-bond donors (Lipinski definition) is 3. The van der Waals surface area contributed by atoms with Gasteiger partial charge in [-0.1, -0.05) is 11.6 Å². The predicted octanol–water partition coefficient (Wildman–Crippen LogP) is 0.841. The van der Waals surface area contributed by atoms with E-state index in [1.54, 1.807) is 0 Å². The van der Waals surface area contributed by atoms with Gasteiger partial charge in [0.1, 0.15) is 0 Å². The minimum absolute atomic E-state index is 0.0772. The number of hydrogen-bond acceptors (Lipinski definition) is 2. The van der Waals surface area contributed by atoms with Crippen molar-refractivity contribution in [2.45, 2.75) is 0 Å². The summed E-state index contributed by atoms with van der Waals surface area (Å²) >= 11 is 5.49. The molecule has 0 saturated carbocycles. The molecule has 1 aromatic rings. The van der Waals surface area contributed by atoms with E-state index < -0.39 is 24.4 Å². The van der Waals surface area contributed by atoms with Crippen molar-refractivity contribution in [3.8, 4) is 0 Å². The zero-order valence-electron chi connectivity index (χ0n) is 6.72. The van der Waals surface area contributed by atoms with Gasteiger partial charge >= 0.3 is 13.6 Å². The Kier molecular flexibility index (Phi) is 2.97. The average Bonchev–Trinajstić information content (AvgIpc) is 2.01. The van der Waals surface area contributed by atoms with Crippen LogP contribution in [0.15, 0.2) is 18.2 Å². The maximum Gasteiger partial charge on any atom is 0.357 e. The summed E-state index contributed by atoms with van der Waals surface area (Å²) in [6.45, 7) is 0. The topological polar surface area (TPSA) is 94.8 Å². The average molecular weight is 237 g/mol. The Morgan fingerprint density at radius 1 is 1.36 bits per heavy atom. The summed E-state index contributed by atoms with van der Waals surface area (Å²) in [6.07, 6.45) is 0. The highest BCUT2D eigenvalue weighted by Crippen LogP contribution is 2.35. The molecule has 76 valence electrons. The molecule has 0 radical (unpaired) electrons. The van der Waals surface area contributed by atoms with Gasteiger partial charge < -0.3 is 14.9 Å². The van der Waals surface area contributed by atoms with Crippen molar-refractivity contribution in [1.29, 1.82) is 0 Å². The number of carboxylic acid groups (broad SMARTS) is 1. The molecule has 0 amide bonds. The summed E-state index contributed by atoms with van der Waals surface area (Å²) in [5.74, 6) is -1.40. The van der Waals surface area contributed by atoms with Crippen molar-refractivity contribution in [3.05, 3.63) is 28.8 Å². The van der Waals surface area contributed by atoms with Crippen LogP contribution >= 0.6 is 19.2 Å². The summed E-state index contributed by atoms with van der Waals surface area (Å²) < 4.78 is 10.9. The number of carbonyl (C=O) groups is 1. The smallest absolute Gasteiger partial charge is 0.357 e. The Labute approximate surface area is 84.1 Å². The lowest BCUT2D eigenvalue weighted by molar-refractivity contribution is 0.0697. The van der Waals surface area contributed by atoms with Crippen LogP contribution in [0.2, 0.25) is 5.02 Å². The molecule has 0 atom stereocenters. The van der Waals surface area contributed by atoms with E-state index >= 15 is 0 Å². The highest BCUT2D eigenvalue weighted by molar-refractivity contribution is 7.60. The van der Waals surface area contributed by atoms with E-state index in [1.165, 1.54) is 6.07 Å². The zero-order valence-corrected chi connectivity index (χ0v) is 8.37. The van der Waals surface area contributed by atoms with Crippen LogP contribution in [-0.2, 0) is 4.57 Å². The molecule has 14 heavy (non-hydrogen) atoms. The van der Waals surface area contributed by atoms with Gasteiger partial charge in [0.2, 0.25) is 0 Å². The molecule has 0 aliphatic carbocycles. The first-order valence-corrected chi connectivity index (χ1v) is 5.40. The van der Waals surface area contributed by atoms with Crippen LogP contribution in [0.5, 0.6) is 0 Å². The molecule has 0 fully saturated rings. The second-order valence-corrected chi connectivity index (χ2v) is 4.52. The monoisotopic (exact) mass is 236 g/mol. The van der Waals surface area contributed by atoms with Gasteiger partial charge in [-0.05, 0) is 18.2 Å². The molecule has 1 rings (SSSR count). The van der Waals surface area contributed by atoms with Crippen LogP contribution in [0.25, 0.3) is 0 Å². The molecule has 0 aliphatic heterocycles. The Morgan fingerprint density at radius 3 is 2.36 bits per heavy atom. The van der Waals surface area contributed by atoms with E-state index in [9.17, 15) is 9.36 Å². The minimum Gasteiger partial charge on any atom is -0.478 e. The Morgan fingerprint density at radius 2 is 1.93 bits per heavy atom. The Bertz CT molecular complexity index is 424. The van der Waals surface area contributed by atoms with Gasteiger partial charge in [-0.3, -0.25) is 4.57 Å². The number of rotatable bonds is 2. The standard InChI is InChI=1S/C7H6ClO5P/c8-4-1-2-5(7(9)10)6(3-4)14(11,12)13/h1-3H,(H,9,10)(H2,11,12,13). The van der Waals surface area contributed by atoms with Crippen LogP contribution < -0.4 is 5.30 Å². The van der Waals surface area contributed by atoms with Crippen molar-refractivity contribution in [2.75, 3.05) is 0 Å². The van der Waals surface area contributed by atoms with Crippen molar-refractivity contribution in [1.82, 2.24) is 0 Å². The SMILES string of the molecule is O=C(O)c1ccc(Cl)cc1P(=O)(O)O. The van der Waals surface area contributed by atoms with Crippen LogP contribution in [0.1, 0.15) is 10.4 Å². The highest BCUT2D eigenvalue weighted by Gasteiger charge is 2.24. The van der Waals surface area contributed by atoms with Crippen LogP contribution in [-0.4, -0.2) is 20.9 Å². The lowest BCUT2D eigenvalue weighted by atomic mass is 10.2. The minimum atomic E-state index is -4.60. The molecule has 0 unspecified atom stereocenters. The molecule has 7 heteroatoms. The van der Waals surface area contributed by atoms with E-state index in [-0.39, 0.29) is 5.02 Å². The quantitative estimate of drug-likeness (QED) is 0.662. The third kappa shape index (κ3) is 2.33. The fourth-order valence-corrected chi connectivity index (χ4v) is 1.97. The summed E-state index contributed by atoms with van der Waals surface area (Å²) in [7, 11) is -4.60. The molecule has 1 aromatic carbocycles. The van der Waals surface area contributed by atoms with Gasteiger partial charge in [0.05, 0.1) is 10.9 Å². The molecular formula is C7H6ClO5P. The first-order valence-electron chi connectivity index (χ1n) is 3.41. The maximum atomic E-state index is 10.9. The van der Waals surface area contributed by atoms with E-state index in [4.69, 9.17) is 26.5 Å². The maximum absolute atomic E-state index is 10.9. The molecule has 5 nitrogen and oxygen atoms in total. The molecule has 0 aromatic heterocycles. The fraction of sp³-hybridized carbons (Fsp3) is 0. The van der Waals surface area contributed by atoms with E-state index in [0.717, 1.165) is 12.1 Å². The molecule has 0 spiro atoms. The van der Waals surface area contributed by atoms with Gasteiger partial charge in [0.15, 0.2) is 0 Å². The lowest BCUT2D eigenvalue weighted by Gasteiger charge is -2.07. The molecule has 0 aliphatic rings. The van der Waals surface area contributed by atoms with Crippen molar-refractivity contribution in [2.24, 2.45) is 0 Å². The molecule has 0 bridgehead atoms. The largest absolute Gasteiger partial charge is 0.478 e. The van der Waals surface area contributed by atoms with Gasteiger partial charge in [-0.2, -0.15) is 0 Å². The molecule has 0 heterocycles. The first kappa shape index (κ1) is 11.2. The zero-order chi connectivity index (χ0) is 10.9. The second kappa shape index (κ2) is 3.71. The lowest BCUT2D eigenvalue weighted by Crippen LogP contribution is -2.15. The van der Waals surface area contributed by atoms with Gasteiger partial charge in [0.25, 0.3) is 0 Å². The number of halogens is 1. The molecular weight excluding hydrogens is 230 g/mol. The van der Waals surface area contributed by atoms with E-state index in [0.29, 0.717) is 0 Å². The van der Waals surface area contributed by atoms with Gasteiger partial charge in [0, 0.05) is 5.02 Å². The van der Waals surface area contributed by atoms with Gasteiger partial charge in [-0.25, -0.2) is 4.79 Å². The third-order valence-electron chi connectivity index (χ3n) is 1.50. The molecule has 3 N–H and O–H groups in total. The van der Waals surface area contributed by atoms with Crippen LogP contribution in [0.4, 0.5) is 0 Å². The number of carboxylic acids is 1. The Hall–Kier alpha value is -0.870. The first-order chi connectivity index (χ1) is 6.32. The van der Waals surface area contributed by atoms with E-state index in [1.807, 2.05) is 0 Å². The normalized spacial score (nSPS) is 11.4. The highest BCUT2D eigenvalue weighted by atomic mass is 35.5. The van der Waals surface area contributed by atoms with Gasteiger partial charge in [-0.15, -0.1) is 0 Å². The second-order valence-electron chi connectivity index (χ2n) is 2.51. The molecule has 0 saturated heterocycles. The number of aromatic carboxylic acids is 1. The van der Waals surface area contributed by atoms with Crippen LogP contribution in [0.3, 0.4) is 0 Å². The summed E-state index contributed by atoms with van der Waals surface area (Å²) in [5.41, 5.74) is -0.442. The van der Waals surface area contributed by atoms with Crippen molar-refractivity contribution < 1.29 is 24.3 Å². The van der Waals surface area contributed by atoms with E-state index in [2.05, 4.69) is 0 Å². The summed E-state index contributed by atoms with van der Waals surface area (Å²) in [5, 5.41) is 8.14. The fourth-order valence-electron chi connectivity index (χ4n) is 0.927. The number of benzene rings is 1. The third-order valence-corrected chi connectivity index (χ3v) is 2.74. The summed E-state index contributed by atoms with van der Waals surface area (Å²) in [6, 6.07) is 3.26. The van der Waals surface area contributed by atoms with Crippen molar-refractivity contribution in [3.63, 3.8) is 0 Å².